The van der Waals surface area contributed by atoms with Crippen molar-refractivity contribution < 1.29 is 4.79 Å². The molecule has 94 valence electrons. The standard InChI is InChI=1S/C15H9Cl2NO/c16-11-4-9(5-12(17)6-11)13-2-1-3-14-15(13)10(8-19)7-18-14/h1-8,18H. The highest BCUT2D eigenvalue weighted by atomic mass is 35.5. The van der Waals surface area contributed by atoms with E-state index >= 15 is 0 Å². The van der Waals surface area contributed by atoms with E-state index in [-0.39, 0.29) is 0 Å². The molecule has 0 atom stereocenters. The number of rotatable bonds is 2. The molecule has 0 bridgehead atoms. The largest absolute Gasteiger partial charge is 0.360 e. The molecule has 0 spiro atoms. The van der Waals surface area contributed by atoms with Crippen LogP contribution in [0.5, 0.6) is 0 Å². The second-order valence-corrected chi connectivity index (χ2v) is 5.12. The van der Waals surface area contributed by atoms with Crippen LogP contribution in [0.4, 0.5) is 0 Å². The van der Waals surface area contributed by atoms with Crippen LogP contribution in [0.15, 0.2) is 42.6 Å². The second kappa shape index (κ2) is 4.72. The fourth-order valence-electron chi connectivity index (χ4n) is 2.25. The molecule has 0 unspecified atom stereocenters. The molecule has 1 aromatic heterocycles. The molecule has 2 nitrogen and oxygen atoms in total. The molecule has 0 aliphatic carbocycles. The normalized spacial score (nSPS) is 10.8. The van der Waals surface area contributed by atoms with E-state index < -0.39 is 0 Å². The lowest BCUT2D eigenvalue weighted by atomic mass is 9.99. The van der Waals surface area contributed by atoms with E-state index in [1.54, 1.807) is 12.3 Å². The number of aromatic nitrogens is 1. The molecule has 0 saturated heterocycles. The van der Waals surface area contributed by atoms with Gasteiger partial charge in [-0.3, -0.25) is 4.79 Å². The summed E-state index contributed by atoms with van der Waals surface area (Å²) in [5.41, 5.74) is 3.37. The number of H-pyrrole nitrogens is 1. The minimum absolute atomic E-state index is 0.572. The van der Waals surface area contributed by atoms with Crippen molar-refractivity contribution in [2.75, 3.05) is 0 Å². The summed E-state index contributed by atoms with van der Waals surface area (Å²) in [6, 6.07) is 11.2. The summed E-state index contributed by atoms with van der Waals surface area (Å²) in [5.74, 6) is 0. The Morgan fingerprint density at radius 1 is 1.05 bits per heavy atom. The van der Waals surface area contributed by atoms with Crippen molar-refractivity contribution in [3.63, 3.8) is 0 Å². The number of aldehydes is 1. The third kappa shape index (κ3) is 2.14. The average Bonchev–Trinajstić information content (AvgIpc) is 2.80. The molecule has 0 amide bonds. The van der Waals surface area contributed by atoms with Gasteiger partial charge in [-0.2, -0.15) is 0 Å². The first kappa shape index (κ1) is 12.3. The molecule has 0 aliphatic rings. The number of fused-ring (bicyclic) bond motifs is 1. The van der Waals surface area contributed by atoms with Gasteiger partial charge in [-0.05, 0) is 35.4 Å². The molecule has 0 saturated carbocycles. The number of halogens is 2. The van der Waals surface area contributed by atoms with Crippen LogP contribution < -0.4 is 0 Å². The summed E-state index contributed by atoms with van der Waals surface area (Å²) >= 11 is 12.1. The molecule has 3 aromatic rings. The molecule has 1 N–H and O–H groups in total. The smallest absolute Gasteiger partial charge is 0.152 e. The first-order valence-electron chi connectivity index (χ1n) is 5.71. The lowest BCUT2D eigenvalue weighted by molar-refractivity contribution is 0.112. The minimum atomic E-state index is 0.572. The summed E-state index contributed by atoms with van der Waals surface area (Å²) in [5, 5.41) is 2.03. The van der Waals surface area contributed by atoms with Gasteiger partial charge in [0.25, 0.3) is 0 Å². The summed E-state index contributed by atoms with van der Waals surface area (Å²) < 4.78 is 0. The Hall–Kier alpha value is -1.77. The van der Waals surface area contributed by atoms with Crippen LogP contribution in [-0.2, 0) is 0 Å². The maximum atomic E-state index is 11.1. The molecule has 4 heteroatoms. The van der Waals surface area contributed by atoms with Gasteiger partial charge < -0.3 is 4.98 Å². The Morgan fingerprint density at radius 3 is 2.47 bits per heavy atom. The maximum Gasteiger partial charge on any atom is 0.152 e. The Balaban J connectivity index is 2.35. The highest BCUT2D eigenvalue weighted by Gasteiger charge is 2.10. The van der Waals surface area contributed by atoms with Crippen LogP contribution in [0, 0.1) is 0 Å². The molecule has 2 aromatic carbocycles. The third-order valence-corrected chi connectivity index (χ3v) is 3.47. The van der Waals surface area contributed by atoms with Gasteiger partial charge in [0.1, 0.15) is 0 Å². The van der Waals surface area contributed by atoms with E-state index in [1.165, 1.54) is 0 Å². The highest BCUT2D eigenvalue weighted by molar-refractivity contribution is 6.35. The second-order valence-electron chi connectivity index (χ2n) is 4.25. The van der Waals surface area contributed by atoms with E-state index in [0.29, 0.717) is 15.6 Å². The molecule has 3 rings (SSSR count). The van der Waals surface area contributed by atoms with Crippen molar-refractivity contribution in [2.24, 2.45) is 0 Å². The van der Waals surface area contributed by atoms with Crippen molar-refractivity contribution in [3.05, 3.63) is 58.2 Å². The Bertz CT molecular complexity index is 757. The van der Waals surface area contributed by atoms with Crippen molar-refractivity contribution in [2.45, 2.75) is 0 Å². The van der Waals surface area contributed by atoms with E-state index in [9.17, 15) is 4.79 Å². The zero-order valence-corrected chi connectivity index (χ0v) is 11.3. The highest BCUT2D eigenvalue weighted by Crippen LogP contribution is 2.33. The lowest BCUT2D eigenvalue weighted by Gasteiger charge is -2.06. The topological polar surface area (TPSA) is 32.9 Å². The first-order valence-corrected chi connectivity index (χ1v) is 6.46. The number of nitrogens with one attached hydrogen (secondary N) is 1. The number of aromatic amines is 1. The zero-order valence-electron chi connectivity index (χ0n) is 9.78. The van der Waals surface area contributed by atoms with Gasteiger partial charge in [-0.25, -0.2) is 0 Å². The van der Waals surface area contributed by atoms with Gasteiger partial charge in [-0.1, -0.05) is 35.3 Å². The fourth-order valence-corrected chi connectivity index (χ4v) is 2.78. The third-order valence-electron chi connectivity index (χ3n) is 3.04. The van der Waals surface area contributed by atoms with Gasteiger partial charge in [-0.15, -0.1) is 0 Å². The minimum Gasteiger partial charge on any atom is -0.360 e. The van der Waals surface area contributed by atoms with Gasteiger partial charge >= 0.3 is 0 Å². The van der Waals surface area contributed by atoms with Gasteiger partial charge in [0.05, 0.1) is 0 Å². The maximum absolute atomic E-state index is 11.1. The summed E-state index contributed by atoms with van der Waals surface area (Å²) in [6.07, 6.45) is 2.54. The number of hydrogen-bond acceptors (Lipinski definition) is 1. The van der Waals surface area contributed by atoms with Gasteiger partial charge in [0.15, 0.2) is 6.29 Å². The Morgan fingerprint density at radius 2 is 1.79 bits per heavy atom. The summed E-state index contributed by atoms with van der Waals surface area (Å²) in [6.45, 7) is 0. The molecular formula is C15H9Cl2NO. The van der Waals surface area contributed by atoms with Crippen molar-refractivity contribution >= 4 is 40.4 Å². The number of carbonyl (C=O) groups is 1. The molecule has 19 heavy (non-hydrogen) atoms. The molecule has 0 aliphatic heterocycles. The summed E-state index contributed by atoms with van der Waals surface area (Å²) in [7, 11) is 0. The van der Waals surface area contributed by atoms with E-state index in [0.717, 1.165) is 28.3 Å². The predicted octanol–water partition coefficient (Wildman–Crippen LogP) is 4.95. The SMILES string of the molecule is O=Cc1c[nH]c2cccc(-c3cc(Cl)cc(Cl)c3)c12. The van der Waals surface area contributed by atoms with Crippen LogP contribution in [-0.4, -0.2) is 11.3 Å². The van der Waals surface area contributed by atoms with Crippen LogP contribution in [0.25, 0.3) is 22.0 Å². The Kier molecular flexibility index (Phi) is 3.05. The predicted molar refractivity (Wildman–Crippen MR) is 79.1 cm³/mol. The van der Waals surface area contributed by atoms with E-state index in [2.05, 4.69) is 4.98 Å². The van der Waals surface area contributed by atoms with Crippen LogP contribution >= 0.6 is 23.2 Å². The molecule has 1 heterocycles. The Labute approximate surface area is 120 Å². The van der Waals surface area contributed by atoms with Gasteiger partial charge in [0.2, 0.25) is 0 Å². The van der Waals surface area contributed by atoms with Crippen molar-refractivity contribution in [1.82, 2.24) is 4.98 Å². The quantitative estimate of drug-likeness (QED) is 0.665. The van der Waals surface area contributed by atoms with E-state index in [1.807, 2.05) is 30.3 Å². The van der Waals surface area contributed by atoms with Crippen molar-refractivity contribution in [1.29, 1.82) is 0 Å². The average molecular weight is 290 g/mol. The summed E-state index contributed by atoms with van der Waals surface area (Å²) in [4.78, 5) is 14.2. The lowest BCUT2D eigenvalue weighted by Crippen LogP contribution is -1.83. The van der Waals surface area contributed by atoms with Crippen LogP contribution in [0.2, 0.25) is 10.0 Å². The van der Waals surface area contributed by atoms with E-state index in [4.69, 9.17) is 23.2 Å². The number of carbonyl (C=O) groups excluding carboxylic acids is 1. The van der Waals surface area contributed by atoms with Crippen molar-refractivity contribution in [3.8, 4) is 11.1 Å². The monoisotopic (exact) mass is 289 g/mol. The molecule has 0 radical (unpaired) electrons. The molecule has 0 fully saturated rings. The molecular weight excluding hydrogens is 281 g/mol. The van der Waals surface area contributed by atoms with Gasteiger partial charge in [0, 0.05) is 32.7 Å². The fraction of sp³-hybridized carbons (Fsp3) is 0. The number of hydrogen-bond donors (Lipinski definition) is 1. The zero-order chi connectivity index (χ0) is 13.4. The first-order chi connectivity index (χ1) is 9.19. The van der Waals surface area contributed by atoms with Crippen LogP contribution in [0.1, 0.15) is 10.4 Å². The van der Waals surface area contributed by atoms with Crippen LogP contribution in [0.3, 0.4) is 0 Å². The number of benzene rings is 2.